The number of alkyl halides is 1. The van der Waals surface area contributed by atoms with E-state index in [4.69, 9.17) is 17.3 Å². The highest BCUT2D eigenvalue weighted by atomic mass is 35.5. The van der Waals surface area contributed by atoms with E-state index in [0.717, 1.165) is 51.9 Å². The van der Waals surface area contributed by atoms with Crippen LogP contribution in [0.2, 0.25) is 0 Å². The zero-order chi connectivity index (χ0) is 20.5. The lowest BCUT2D eigenvalue weighted by Gasteiger charge is -2.47. The molecule has 3 rings (SSSR count). The highest BCUT2D eigenvalue weighted by Gasteiger charge is 2.44. The molecular weight excluding hydrogens is 370 g/mol. The van der Waals surface area contributed by atoms with Gasteiger partial charge in [-0.2, -0.15) is 0 Å². The number of carbonyl (C=O) groups excluding carboxylic acids is 1. The van der Waals surface area contributed by atoms with Crippen LogP contribution in [0.5, 0.6) is 0 Å². The molecule has 28 heavy (non-hydrogen) atoms. The van der Waals surface area contributed by atoms with E-state index in [2.05, 4.69) is 44.0 Å². The van der Waals surface area contributed by atoms with E-state index in [1.165, 1.54) is 12.8 Å². The SMILES string of the molecule is CC(C)[C@@H](NCC1(CN)CC1)C(=O)N1CCC(C2=CCC(Cl)CC2)C(C)(C)C1. The van der Waals surface area contributed by atoms with E-state index in [1.807, 2.05) is 0 Å². The summed E-state index contributed by atoms with van der Waals surface area (Å²) in [5, 5.41) is 3.88. The van der Waals surface area contributed by atoms with Gasteiger partial charge in [-0.1, -0.05) is 39.3 Å². The van der Waals surface area contributed by atoms with E-state index >= 15 is 0 Å². The maximum absolute atomic E-state index is 13.4. The average molecular weight is 410 g/mol. The lowest BCUT2D eigenvalue weighted by atomic mass is 9.68. The highest BCUT2D eigenvalue weighted by Crippen LogP contribution is 2.45. The summed E-state index contributed by atoms with van der Waals surface area (Å²) in [7, 11) is 0. The van der Waals surface area contributed by atoms with Gasteiger partial charge >= 0.3 is 0 Å². The van der Waals surface area contributed by atoms with Gasteiger partial charge in [-0.3, -0.25) is 4.79 Å². The number of halogens is 1. The molecule has 1 aliphatic heterocycles. The number of nitrogens with two attached hydrogens (primary N) is 1. The number of amides is 1. The number of hydrogen-bond acceptors (Lipinski definition) is 3. The van der Waals surface area contributed by atoms with Crippen LogP contribution in [0.25, 0.3) is 0 Å². The second-order valence-electron chi connectivity index (χ2n) is 10.5. The smallest absolute Gasteiger partial charge is 0.239 e. The topological polar surface area (TPSA) is 58.4 Å². The summed E-state index contributed by atoms with van der Waals surface area (Å²) < 4.78 is 0. The quantitative estimate of drug-likeness (QED) is 0.494. The van der Waals surface area contributed by atoms with Gasteiger partial charge in [-0.05, 0) is 67.7 Å². The molecule has 0 radical (unpaired) electrons. The fourth-order valence-electron chi connectivity index (χ4n) is 5.13. The number of carbonyl (C=O) groups is 1. The van der Waals surface area contributed by atoms with Gasteiger partial charge in [0, 0.05) is 25.0 Å². The van der Waals surface area contributed by atoms with Crippen molar-refractivity contribution in [3.8, 4) is 0 Å². The van der Waals surface area contributed by atoms with Crippen molar-refractivity contribution in [2.24, 2.45) is 28.4 Å². The van der Waals surface area contributed by atoms with Crippen molar-refractivity contribution in [3.05, 3.63) is 11.6 Å². The Hall–Kier alpha value is -0.580. The third-order valence-corrected chi connectivity index (χ3v) is 7.79. The van der Waals surface area contributed by atoms with E-state index in [1.54, 1.807) is 5.57 Å². The summed E-state index contributed by atoms with van der Waals surface area (Å²) in [6, 6.07) is -0.109. The molecule has 3 N–H and O–H groups in total. The Morgan fingerprint density at radius 2 is 2.07 bits per heavy atom. The van der Waals surface area contributed by atoms with Gasteiger partial charge in [0.15, 0.2) is 0 Å². The molecule has 4 nitrogen and oxygen atoms in total. The van der Waals surface area contributed by atoms with Crippen LogP contribution in [0.1, 0.15) is 66.2 Å². The zero-order valence-electron chi connectivity index (χ0n) is 18.3. The Kier molecular flexibility index (Phi) is 6.83. The summed E-state index contributed by atoms with van der Waals surface area (Å²) in [6.45, 7) is 12.2. The third-order valence-electron chi connectivity index (χ3n) is 7.39. The summed E-state index contributed by atoms with van der Waals surface area (Å²) in [5.41, 5.74) is 7.86. The van der Waals surface area contributed by atoms with Gasteiger partial charge in [0.2, 0.25) is 5.91 Å². The van der Waals surface area contributed by atoms with Crippen molar-refractivity contribution in [2.75, 3.05) is 26.2 Å². The summed E-state index contributed by atoms with van der Waals surface area (Å²) in [5.74, 6) is 1.12. The van der Waals surface area contributed by atoms with Crippen LogP contribution in [0.4, 0.5) is 0 Å². The minimum atomic E-state index is -0.109. The molecule has 0 aromatic rings. The lowest BCUT2D eigenvalue weighted by molar-refractivity contribution is -0.138. The molecule has 0 spiro atoms. The maximum Gasteiger partial charge on any atom is 0.239 e. The molecule has 0 aromatic carbocycles. The Labute approximate surface area is 176 Å². The van der Waals surface area contributed by atoms with Gasteiger partial charge in [-0.25, -0.2) is 0 Å². The second kappa shape index (κ2) is 8.65. The van der Waals surface area contributed by atoms with Crippen LogP contribution < -0.4 is 11.1 Å². The number of allylic oxidation sites excluding steroid dienone is 2. The molecule has 0 bridgehead atoms. The number of nitrogens with zero attached hydrogens (tertiary/aromatic N) is 1. The molecule has 2 unspecified atom stereocenters. The van der Waals surface area contributed by atoms with Crippen LogP contribution >= 0.6 is 11.6 Å². The van der Waals surface area contributed by atoms with Crippen molar-refractivity contribution in [2.45, 2.75) is 77.6 Å². The molecule has 1 amide bonds. The Balaban J connectivity index is 1.62. The van der Waals surface area contributed by atoms with E-state index in [-0.39, 0.29) is 28.7 Å². The van der Waals surface area contributed by atoms with Gasteiger partial charge in [-0.15, -0.1) is 11.6 Å². The number of nitrogens with one attached hydrogen (secondary N) is 1. The molecule has 160 valence electrons. The standard InChI is InChI=1S/C23H40ClN3O/c1-16(2)20(26-14-23(13-25)10-11-23)21(28)27-12-9-19(22(3,4)15-27)17-5-7-18(24)8-6-17/h5,16,18-20,26H,6-15,25H2,1-4H3/t18?,19?,20-/m1/s1. The molecule has 0 aromatic heterocycles. The molecule has 3 atom stereocenters. The van der Waals surface area contributed by atoms with Crippen molar-refractivity contribution >= 4 is 17.5 Å². The fourth-order valence-corrected chi connectivity index (χ4v) is 5.33. The van der Waals surface area contributed by atoms with Crippen LogP contribution in [-0.4, -0.2) is 48.4 Å². The monoisotopic (exact) mass is 409 g/mol. The number of likely N-dealkylation sites (tertiary alicyclic amines) is 1. The summed E-state index contributed by atoms with van der Waals surface area (Å²) in [4.78, 5) is 15.5. The van der Waals surface area contributed by atoms with E-state index in [0.29, 0.717) is 11.3 Å². The van der Waals surface area contributed by atoms with Crippen LogP contribution in [-0.2, 0) is 4.79 Å². The Morgan fingerprint density at radius 3 is 2.57 bits per heavy atom. The first-order valence-corrected chi connectivity index (χ1v) is 11.7. The minimum absolute atomic E-state index is 0.107. The van der Waals surface area contributed by atoms with Crippen molar-refractivity contribution in [1.29, 1.82) is 0 Å². The largest absolute Gasteiger partial charge is 0.341 e. The molecule has 1 heterocycles. The maximum atomic E-state index is 13.4. The molecule has 2 aliphatic carbocycles. The van der Waals surface area contributed by atoms with Crippen LogP contribution in [0.3, 0.4) is 0 Å². The molecule has 3 aliphatic rings. The molecule has 1 saturated heterocycles. The first-order chi connectivity index (χ1) is 13.2. The molecule has 2 fully saturated rings. The van der Waals surface area contributed by atoms with Crippen LogP contribution in [0.15, 0.2) is 11.6 Å². The predicted octanol–water partition coefficient (Wildman–Crippen LogP) is 3.93. The Morgan fingerprint density at radius 1 is 1.36 bits per heavy atom. The second-order valence-corrected chi connectivity index (χ2v) is 11.2. The molecule has 5 heteroatoms. The molecular formula is C23H40ClN3O. The minimum Gasteiger partial charge on any atom is -0.341 e. The third kappa shape index (κ3) is 4.94. The average Bonchev–Trinajstić information content (AvgIpc) is 3.42. The predicted molar refractivity (Wildman–Crippen MR) is 117 cm³/mol. The van der Waals surface area contributed by atoms with Crippen molar-refractivity contribution < 1.29 is 4.79 Å². The van der Waals surface area contributed by atoms with Crippen molar-refractivity contribution in [1.82, 2.24) is 10.2 Å². The molecule has 1 saturated carbocycles. The first-order valence-electron chi connectivity index (χ1n) is 11.2. The summed E-state index contributed by atoms with van der Waals surface area (Å²) >= 11 is 6.29. The zero-order valence-corrected chi connectivity index (χ0v) is 19.0. The normalized spacial score (nSPS) is 30.1. The Bertz CT molecular complexity index is 597. The lowest BCUT2D eigenvalue weighted by Crippen LogP contribution is -2.56. The fraction of sp³-hybridized carbons (Fsp3) is 0.870. The number of hydrogen-bond donors (Lipinski definition) is 2. The van der Waals surface area contributed by atoms with Gasteiger partial charge in [0.1, 0.15) is 0 Å². The van der Waals surface area contributed by atoms with Crippen molar-refractivity contribution in [3.63, 3.8) is 0 Å². The van der Waals surface area contributed by atoms with Gasteiger partial charge < -0.3 is 16.0 Å². The summed E-state index contributed by atoms with van der Waals surface area (Å²) in [6.07, 6.45) is 9.02. The van der Waals surface area contributed by atoms with E-state index < -0.39 is 0 Å². The van der Waals surface area contributed by atoms with E-state index in [9.17, 15) is 4.79 Å². The highest BCUT2D eigenvalue weighted by molar-refractivity contribution is 6.20. The van der Waals surface area contributed by atoms with Crippen LogP contribution in [0, 0.1) is 22.7 Å². The van der Waals surface area contributed by atoms with Gasteiger partial charge in [0.25, 0.3) is 0 Å². The first kappa shape index (κ1) is 22.1. The number of rotatable bonds is 7. The number of piperidine rings is 1. The van der Waals surface area contributed by atoms with Gasteiger partial charge in [0.05, 0.1) is 6.04 Å².